The molecule has 0 aliphatic heterocycles. The van der Waals surface area contributed by atoms with Crippen LogP contribution in [0, 0.1) is 5.92 Å². The molecular weight excluding hydrogens is 264 g/mol. The van der Waals surface area contributed by atoms with Crippen LogP contribution in [0.15, 0.2) is 6.33 Å². The summed E-state index contributed by atoms with van der Waals surface area (Å²) >= 11 is 1.67. The van der Waals surface area contributed by atoms with Gasteiger partial charge in [0.15, 0.2) is 6.61 Å². The Kier molecular flexibility index (Phi) is 3.10. The summed E-state index contributed by atoms with van der Waals surface area (Å²) in [7, 11) is 0. The summed E-state index contributed by atoms with van der Waals surface area (Å²) in [5.74, 6) is 0.0980. The quantitative estimate of drug-likeness (QED) is 0.932. The predicted octanol–water partition coefficient (Wildman–Crippen LogP) is 2.28. The first-order chi connectivity index (χ1) is 9.15. The number of rotatable bonds is 3. The topological polar surface area (TPSA) is 72.3 Å². The number of nitrogens with zero attached hydrogens (tertiary/aromatic N) is 2. The van der Waals surface area contributed by atoms with Gasteiger partial charge in [-0.05, 0) is 30.7 Å². The zero-order valence-electron chi connectivity index (χ0n) is 10.5. The van der Waals surface area contributed by atoms with Crippen LogP contribution in [0.2, 0.25) is 0 Å². The number of aliphatic carboxylic acids is 1. The fourth-order valence-corrected chi connectivity index (χ4v) is 3.83. The molecule has 0 bridgehead atoms. The number of hydrogen-bond acceptors (Lipinski definition) is 5. The molecule has 0 radical (unpaired) electrons. The van der Waals surface area contributed by atoms with E-state index < -0.39 is 5.97 Å². The van der Waals surface area contributed by atoms with Crippen molar-refractivity contribution in [3.63, 3.8) is 0 Å². The molecule has 0 spiro atoms. The number of aromatic nitrogens is 2. The van der Waals surface area contributed by atoms with Crippen LogP contribution in [-0.2, 0) is 17.6 Å². The van der Waals surface area contributed by atoms with Gasteiger partial charge in [-0.15, -0.1) is 11.3 Å². The van der Waals surface area contributed by atoms with Gasteiger partial charge in [-0.1, -0.05) is 6.92 Å². The fourth-order valence-electron chi connectivity index (χ4n) is 2.49. The standard InChI is InChI=1S/C13H14N2O3S/c1-7-2-3-8-9(4-7)19-13-11(8)12(14-6-15-13)18-5-10(16)17/h6-7H,2-5H2,1H3,(H,16,17)/t7-/m1/s1. The molecule has 2 aromatic heterocycles. The van der Waals surface area contributed by atoms with Crippen LogP contribution in [0.25, 0.3) is 10.2 Å². The molecule has 0 saturated heterocycles. The molecule has 1 N–H and O–H groups in total. The Morgan fingerprint density at radius 1 is 1.58 bits per heavy atom. The highest BCUT2D eigenvalue weighted by molar-refractivity contribution is 7.18. The van der Waals surface area contributed by atoms with Gasteiger partial charge >= 0.3 is 5.97 Å². The maximum atomic E-state index is 10.6. The van der Waals surface area contributed by atoms with Gasteiger partial charge in [0.1, 0.15) is 11.2 Å². The average Bonchev–Trinajstić information content (AvgIpc) is 2.73. The van der Waals surface area contributed by atoms with Gasteiger partial charge < -0.3 is 9.84 Å². The number of thiophene rings is 1. The van der Waals surface area contributed by atoms with Gasteiger partial charge in [-0.25, -0.2) is 14.8 Å². The Morgan fingerprint density at radius 3 is 3.21 bits per heavy atom. The van der Waals surface area contributed by atoms with Gasteiger partial charge in [0.2, 0.25) is 5.88 Å². The van der Waals surface area contributed by atoms with Gasteiger partial charge in [0.25, 0.3) is 0 Å². The molecular formula is C13H14N2O3S. The molecule has 2 aromatic rings. The molecule has 2 heterocycles. The number of carboxylic acid groups (broad SMARTS) is 1. The van der Waals surface area contributed by atoms with Crippen molar-refractivity contribution >= 4 is 27.5 Å². The van der Waals surface area contributed by atoms with Crippen LogP contribution in [0.5, 0.6) is 5.88 Å². The van der Waals surface area contributed by atoms with E-state index in [1.165, 1.54) is 16.8 Å². The van der Waals surface area contributed by atoms with Crippen molar-refractivity contribution < 1.29 is 14.6 Å². The van der Waals surface area contributed by atoms with Gasteiger partial charge in [-0.3, -0.25) is 0 Å². The molecule has 3 rings (SSSR count). The zero-order valence-corrected chi connectivity index (χ0v) is 11.4. The van der Waals surface area contributed by atoms with Crippen molar-refractivity contribution in [2.24, 2.45) is 5.92 Å². The molecule has 1 atom stereocenters. The number of aryl methyl sites for hydroxylation is 1. The molecule has 19 heavy (non-hydrogen) atoms. The Balaban J connectivity index is 2.06. The lowest BCUT2D eigenvalue weighted by atomic mass is 9.89. The van der Waals surface area contributed by atoms with Crippen LogP contribution in [0.1, 0.15) is 23.8 Å². The molecule has 0 aromatic carbocycles. The molecule has 100 valence electrons. The van der Waals surface area contributed by atoms with Crippen molar-refractivity contribution in [1.29, 1.82) is 0 Å². The van der Waals surface area contributed by atoms with Gasteiger partial charge in [0, 0.05) is 4.88 Å². The first kappa shape index (κ1) is 12.3. The Hall–Kier alpha value is -1.69. The molecule has 1 aliphatic rings. The molecule has 0 saturated carbocycles. The van der Waals surface area contributed by atoms with E-state index in [2.05, 4.69) is 16.9 Å². The monoisotopic (exact) mass is 278 g/mol. The van der Waals surface area contributed by atoms with E-state index in [1.807, 2.05) is 0 Å². The molecule has 6 heteroatoms. The number of ether oxygens (including phenoxy) is 1. The smallest absolute Gasteiger partial charge is 0.341 e. The lowest BCUT2D eigenvalue weighted by Gasteiger charge is -2.18. The maximum Gasteiger partial charge on any atom is 0.341 e. The minimum atomic E-state index is -0.996. The summed E-state index contributed by atoms with van der Waals surface area (Å²) < 4.78 is 5.29. The van der Waals surface area contributed by atoms with Crippen LogP contribution in [-0.4, -0.2) is 27.7 Å². The van der Waals surface area contributed by atoms with E-state index in [0.29, 0.717) is 11.8 Å². The maximum absolute atomic E-state index is 10.6. The average molecular weight is 278 g/mol. The number of hydrogen-bond donors (Lipinski definition) is 1. The van der Waals surface area contributed by atoms with Gasteiger partial charge in [-0.2, -0.15) is 0 Å². The highest BCUT2D eigenvalue weighted by Crippen LogP contribution is 2.40. The van der Waals surface area contributed by atoms with Crippen molar-refractivity contribution in [3.05, 3.63) is 16.8 Å². The second kappa shape index (κ2) is 4.77. The summed E-state index contributed by atoms with van der Waals surface area (Å²) in [6.45, 7) is 1.88. The summed E-state index contributed by atoms with van der Waals surface area (Å²) in [5.41, 5.74) is 1.25. The van der Waals surface area contributed by atoms with E-state index in [1.54, 1.807) is 11.3 Å². The van der Waals surface area contributed by atoms with E-state index in [-0.39, 0.29) is 6.61 Å². The summed E-state index contributed by atoms with van der Waals surface area (Å²) in [4.78, 5) is 21.2. The Bertz CT molecular complexity index is 638. The number of carbonyl (C=O) groups is 1. The largest absolute Gasteiger partial charge is 0.479 e. The highest BCUT2D eigenvalue weighted by Gasteiger charge is 2.23. The molecule has 1 aliphatic carbocycles. The second-order valence-electron chi connectivity index (χ2n) is 4.89. The third kappa shape index (κ3) is 2.28. The lowest BCUT2D eigenvalue weighted by Crippen LogP contribution is -2.12. The van der Waals surface area contributed by atoms with Crippen molar-refractivity contribution in [2.75, 3.05) is 6.61 Å². The van der Waals surface area contributed by atoms with E-state index in [0.717, 1.165) is 29.5 Å². The minimum absolute atomic E-state index is 0.368. The van der Waals surface area contributed by atoms with Crippen LogP contribution < -0.4 is 4.74 Å². The fraction of sp³-hybridized carbons (Fsp3) is 0.462. The summed E-state index contributed by atoms with van der Waals surface area (Å²) in [6.07, 6.45) is 4.64. The minimum Gasteiger partial charge on any atom is -0.479 e. The van der Waals surface area contributed by atoms with E-state index in [4.69, 9.17) is 9.84 Å². The lowest BCUT2D eigenvalue weighted by molar-refractivity contribution is -0.139. The van der Waals surface area contributed by atoms with Crippen LogP contribution >= 0.6 is 11.3 Å². The first-order valence-electron chi connectivity index (χ1n) is 6.25. The molecule has 0 fully saturated rings. The highest BCUT2D eigenvalue weighted by atomic mass is 32.1. The number of fused-ring (bicyclic) bond motifs is 3. The summed E-state index contributed by atoms with van der Waals surface area (Å²) in [5, 5.41) is 9.62. The van der Waals surface area contributed by atoms with Gasteiger partial charge in [0.05, 0.1) is 5.39 Å². The predicted molar refractivity (Wildman–Crippen MR) is 71.7 cm³/mol. The molecule has 0 amide bonds. The van der Waals surface area contributed by atoms with E-state index >= 15 is 0 Å². The Morgan fingerprint density at radius 2 is 2.42 bits per heavy atom. The third-order valence-corrected chi connectivity index (χ3v) is 4.55. The summed E-state index contributed by atoms with van der Waals surface area (Å²) in [6, 6.07) is 0. The third-order valence-electron chi connectivity index (χ3n) is 3.39. The Labute approximate surface area is 114 Å². The van der Waals surface area contributed by atoms with Crippen molar-refractivity contribution in [2.45, 2.75) is 26.2 Å². The zero-order chi connectivity index (χ0) is 13.4. The molecule has 5 nitrogen and oxygen atoms in total. The van der Waals surface area contributed by atoms with Crippen molar-refractivity contribution in [3.8, 4) is 5.88 Å². The second-order valence-corrected chi connectivity index (χ2v) is 5.98. The van der Waals surface area contributed by atoms with E-state index in [9.17, 15) is 4.79 Å². The first-order valence-corrected chi connectivity index (χ1v) is 7.06. The number of carboxylic acids is 1. The molecule has 0 unspecified atom stereocenters. The normalized spacial score (nSPS) is 18.3. The van der Waals surface area contributed by atoms with Crippen LogP contribution in [0.3, 0.4) is 0 Å². The SMILES string of the molecule is C[C@@H]1CCc2c(sc3ncnc(OCC(=O)O)c23)C1. The van der Waals surface area contributed by atoms with Crippen LogP contribution in [0.4, 0.5) is 0 Å². The van der Waals surface area contributed by atoms with Crippen molar-refractivity contribution in [1.82, 2.24) is 9.97 Å².